The second kappa shape index (κ2) is 6.58. The summed E-state index contributed by atoms with van der Waals surface area (Å²) in [5, 5.41) is 8.17. The van der Waals surface area contributed by atoms with Crippen LogP contribution in [0.3, 0.4) is 0 Å². The molecule has 0 heterocycles. The Balaban J connectivity index is 3.09. The predicted octanol–water partition coefficient (Wildman–Crippen LogP) is 2.34. The predicted molar refractivity (Wildman–Crippen MR) is 83.6 cm³/mol. The van der Waals surface area contributed by atoms with Crippen molar-refractivity contribution in [2.24, 2.45) is 5.14 Å². The number of nitrogens with two attached hydrogens (primary N) is 1. The van der Waals surface area contributed by atoms with E-state index in [4.69, 9.17) is 5.14 Å². The van der Waals surface area contributed by atoms with Crippen LogP contribution in [0.2, 0.25) is 0 Å². The van der Waals surface area contributed by atoms with E-state index in [2.05, 4.69) is 5.32 Å². The zero-order chi connectivity index (χ0) is 16.3. The molecule has 0 unspecified atom stereocenters. The molecule has 0 aliphatic rings. The lowest BCUT2D eigenvalue weighted by Crippen LogP contribution is -2.47. The van der Waals surface area contributed by atoms with Crippen molar-refractivity contribution in [1.29, 1.82) is 0 Å². The highest BCUT2D eigenvalue weighted by Crippen LogP contribution is 2.21. The third-order valence-corrected chi connectivity index (χ3v) is 5.09. The third-order valence-electron chi connectivity index (χ3n) is 4.18. The van der Waals surface area contributed by atoms with E-state index in [1.807, 2.05) is 20.8 Å². The topological polar surface area (TPSA) is 89.3 Å². The first kappa shape index (κ1) is 17.7. The van der Waals surface area contributed by atoms with Gasteiger partial charge in [0.05, 0.1) is 4.90 Å². The summed E-state index contributed by atoms with van der Waals surface area (Å²) in [4.78, 5) is 12.4. The summed E-state index contributed by atoms with van der Waals surface area (Å²) in [5.41, 5.74) is 0.848. The molecule has 0 saturated carbocycles. The molecule has 0 spiro atoms. The maximum absolute atomic E-state index is 12.4. The molecule has 1 aromatic rings. The quantitative estimate of drug-likeness (QED) is 0.845. The van der Waals surface area contributed by atoms with E-state index in [0.717, 1.165) is 19.3 Å². The number of carbonyl (C=O) groups is 1. The van der Waals surface area contributed by atoms with E-state index >= 15 is 0 Å². The average molecular weight is 312 g/mol. The summed E-state index contributed by atoms with van der Waals surface area (Å²) in [5.74, 6) is -0.181. The molecular weight excluding hydrogens is 288 g/mol. The van der Waals surface area contributed by atoms with Gasteiger partial charge in [-0.25, -0.2) is 13.6 Å². The first-order chi connectivity index (χ1) is 9.69. The fourth-order valence-electron chi connectivity index (χ4n) is 2.39. The van der Waals surface area contributed by atoms with Gasteiger partial charge in [0.15, 0.2) is 0 Å². The molecule has 1 aromatic carbocycles. The minimum absolute atomic E-state index is 0.0179. The van der Waals surface area contributed by atoms with Gasteiger partial charge in [0.1, 0.15) is 0 Å². The van der Waals surface area contributed by atoms with Crippen LogP contribution in [0.25, 0.3) is 0 Å². The van der Waals surface area contributed by atoms with Gasteiger partial charge in [-0.2, -0.15) is 0 Å². The van der Waals surface area contributed by atoms with Crippen LogP contribution >= 0.6 is 0 Å². The van der Waals surface area contributed by atoms with E-state index in [0.29, 0.717) is 11.1 Å². The van der Waals surface area contributed by atoms with Gasteiger partial charge in [-0.3, -0.25) is 4.79 Å². The molecular formula is C15H24N2O3S. The van der Waals surface area contributed by atoms with Crippen LogP contribution in [-0.2, 0) is 10.0 Å². The van der Waals surface area contributed by atoms with E-state index in [1.54, 1.807) is 6.92 Å². The Hall–Kier alpha value is -1.40. The van der Waals surface area contributed by atoms with Crippen molar-refractivity contribution in [3.63, 3.8) is 0 Å². The zero-order valence-electron chi connectivity index (χ0n) is 13.1. The fraction of sp³-hybridized carbons (Fsp3) is 0.533. The summed E-state index contributed by atoms with van der Waals surface area (Å²) in [6, 6.07) is 4.30. The molecule has 1 amide bonds. The van der Waals surface area contributed by atoms with Gasteiger partial charge in [-0.05, 0) is 49.9 Å². The lowest BCUT2D eigenvalue weighted by molar-refractivity contribution is 0.0887. The fourth-order valence-corrected chi connectivity index (χ4v) is 2.99. The maximum atomic E-state index is 12.4. The Bertz CT molecular complexity index is 612. The number of nitrogens with one attached hydrogen (secondary N) is 1. The molecule has 0 aliphatic heterocycles. The van der Waals surface area contributed by atoms with Crippen molar-refractivity contribution < 1.29 is 13.2 Å². The van der Waals surface area contributed by atoms with Crippen LogP contribution in [0.5, 0.6) is 0 Å². The van der Waals surface area contributed by atoms with Crippen LogP contribution in [0.15, 0.2) is 23.1 Å². The Morgan fingerprint density at radius 1 is 1.19 bits per heavy atom. The van der Waals surface area contributed by atoms with Gasteiger partial charge < -0.3 is 5.32 Å². The van der Waals surface area contributed by atoms with Crippen molar-refractivity contribution in [3.8, 4) is 0 Å². The SMILES string of the molecule is CCC(CC)(CC)NC(=O)c1ccc(S(N)(=O)=O)cc1C. The van der Waals surface area contributed by atoms with Gasteiger partial charge in [-0.15, -0.1) is 0 Å². The van der Waals surface area contributed by atoms with Crippen molar-refractivity contribution in [1.82, 2.24) is 5.32 Å². The van der Waals surface area contributed by atoms with Gasteiger partial charge in [0.2, 0.25) is 10.0 Å². The monoisotopic (exact) mass is 312 g/mol. The number of primary sulfonamides is 1. The molecule has 0 saturated heterocycles. The third kappa shape index (κ3) is 4.04. The van der Waals surface area contributed by atoms with Gasteiger partial charge >= 0.3 is 0 Å². The molecule has 0 atom stereocenters. The molecule has 118 valence electrons. The summed E-state index contributed by atoms with van der Waals surface area (Å²) < 4.78 is 22.6. The minimum Gasteiger partial charge on any atom is -0.347 e. The number of benzene rings is 1. The molecule has 0 radical (unpaired) electrons. The van der Waals surface area contributed by atoms with Crippen molar-refractivity contribution in [3.05, 3.63) is 29.3 Å². The van der Waals surface area contributed by atoms with Crippen molar-refractivity contribution in [2.45, 2.75) is 57.4 Å². The Morgan fingerprint density at radius 3 is 2.10 bits per heavy atom. The van der Waals surface area contributed by atoms with Crippen molar-refractivity contribution >= 4 is 15.9 Å². The second-order valence-electron chi connectivity index (χ2n) is 5.32. The Morgan fingerprint density at radius 2 is 1.71 bits per heavy atom. The summed E-state index contributed by atoms with van der Waals surface area (Å²) >= 11 is 0. The largest absolute Gasteiger partial charge is 0.347 e. The standard InChI is InChI=1S/C15H24N2O3S/c1-5-15(6-2,7-3)17-14(18)13-9-8-12(10-11(13)4)21(16,19)20/h8-10H,5-7H2,1-4H3,(H,17,18)(H2,16,19,20). The first-order valence-electron chi connectivity index (χ1n) is 7.15. The second-order valence-corrected chi connectivity index (χ2v) is 6.88. The first-order valence-corrected chi connectivity index (χ1v) is 8.69. The smallest absolute Gasteiger partial charge is 0.251 e. The molecule has 21 heavy (non-hydrogen) atoms. The number of sulfonamides is 1. The summed E-state index contributed by atoms with van der Waals surface area (Å²) in [6.45, 7) is 7.84. The lowest BCUT2D eigenvalue weighted by atomic mass is 9.89. The van der Waals surface area contributed by atoms with E-state index in [1.165, 1.54) is 18.2 Å². The van der Waals surface area contributed by atoms with E-state index in [9.17, 15) is 13.2 Å². The minimum atomic E-state index is -3.75. The summed E-state index contributed by atoms with van der Waals surface area (Å²) in [6.07, 6.45) is 2.54. The number of hydrogen-bond donors (Lipinski definition) is 2. The molecule has 5 nitrogen and oxygen atoms in total. The highest BCUT2D eigenvalue weighted by molar-refractivity contribution is 7.89. The number of hydrogen-bond acceptors (Lipinski definition) is 3. The molecule has 0 bridgehead atoms. The highest BCUT2D eigenvalue weighted by Gasteiger charge is 2.27. The van der Waals surface area contributed by atoms with Crippen LogP contribution in [0.1, 0.15) is 56.0 Å². The molecule has 0 aliphatic carbocycles. The van der Waals surface area contributed by atoms with Crippen LogP contribution < -0.4 is 10.5 Å². The number of rotatable bonds is 6. The van der Waals surface area contributed by atoms with Gasteiger partial charge in [0, 0.05) is 11.1 Å². The summed E-state index contributed by atoms with van der Waals surface area (Å²) in [7, 11) is -3.75. The van der Waals surface area contributed by atoms with Crippen molar-refractivity contribution in [2.75, 3.05) is 0 Å². The van der Waals surface area contributed by atoms with Gasteiger partial charge in [0.25, 0.3) is 5.91 Å². The van der Waals surface area contributed by atoms with E-state index < -0.39 is 10.0 Å². The van der Waals surface area contributed by atoms with Crippen LogP contribution in [0, 0.1) is 6.92 Å². The lowest BCUT2D eigenvalue weighted by Gasteiger charge is -2.32. The molecule has 0 aromatic heterocycles. The molecule has 0 fully saturated rings. The Labute approximate surface area is 127 Å². The number of carbonyl (C=O) groups excluding carboxylic acids is 1. The molecule has 3 N–H and O–H groups in total. The number of amides is 1. The van der Waals surface area contributed by atoms with Gasteiger partial charge in [-0.1, -0.05) is 20.8 Å². The average Bonchev–Trinajstić information content (AvgIpc) is 2.43. The number of aryl methyl sites for hydroxylation is 1. The molecule has 1 rings (SSSR count). The normalized spacial score (nSPS) is 12.2. The maximum Gasteiger partial charge on any atom is 0.251 e. The highest BCUT2D eigenvalue weighted by atomic mass is 32.2. The molecule has 6 heteroatoms. The Kier molecular flexibility index (Phi) is 5.53. The zero-order valence-corrected chi connectivity index (χ0v) is 13.9. The van der Waals surface area contributed by atoms with Crippen LogP contribution in [0.4, 0.5) is 0 Å². The van der Waals surface area contributed by atoms with Crippen LogP contribution in [-0.4, -0.2) is 19.9 Å². The van der Waals surface area contributed by atoms with E-state index in [-0.39, 0.29) is 16.3 Å².